The van der Waals surface area contributed by atoms with Gasteiger partial charge in [0.05, 0.1) is 44.6 Å². The summed E-state index contributed by atoms with van der Waals surface area (Å²) in [6.07, 6.45) is -9.48. The summed E-state index contributed by atoms with van der Waals surface area (Å²) in [6, 6.07) is 59.6. The Hall–Kier alpha value is -8.62. The molecule has 78 heavy (non-hydrogen) atoms. The first kappa shape index (κ1) is 51.5. The van der Waals surface area contributed by atoms with Crippen molar-refractivity contribution in [2.45, 2.75) is 67.7 Å². The zero-order valence-corrected chi connectivity index (χ0v) is 44.6. The molecule has 12 rings (SSSR count). The number of hydrogen-bond donors (Lipinski definition) is 0. The van der Waals surface area contributed by atoms with Crippen LogP contribution in [0.3, 0.4) is 0 Å². The Morgan fingerprint density at radius 1 is 0.269 bits per heavy atom. The number of nitrogens with zero attached hydrogens (tertiary/aromatic N) is 2. The van der Waals surface area contributed by atoms with Crippen molar-refractivity contribution in [1.29, 1.82) is 0 Å². The molecule has 8 heteroatoms. The average Bonchev–Trinajstić information content (AvgIpc) is 4.02. The van der Waals surface area contributed by atoms with Crippen LogP contribution in [-0.4, -0.2) is 9.13 Å². The normalized spacial score (nSPS) is 12.0. The zero-order valence-electron chi connectivity index (χ0n) is 44.6. The highest BCUT2D eigenvalue weighted by Crippen LogP contribution is 2.45. The van der Waals surface area contributed by atoms with Crippen molar-refractivity contribution in [2.24, 2.45) is 0 Å². The molecule has 0 atom stereocenters. The summed E-state index contributed by atoms with van der Waals surface area (Å²) in [7, 11) is 0. The van der Waals surface area contributed by atoms with Gasteiger partial charge in [-0.3, -0.25) is 0 Å². The van der Waals surface area contributed by atoms with E-state index < -0.39 is 23.5 Å². The van der Waals surface area contributed by atoms with Gasteiger partial charge in [0.25, 0.3) is 0 Å². The second-order valence-electron chi connectivity index (χ2n) is 20.9. The first-order valence-corrected chi connectivity index (χ1v) is 26.0. The fraction of sp³-hybridized carbons (Fsp3) is 0.143. The SMILES string of the molecule is Cc1ccc(-c2ccc(C)c(C)c2)c(C)c1.Cc1ccc(-c2ccc3c(c2)c2ccccc2n3-c2cc(-c3ccc(C(F)(F)F)c(-n4c5ccccc5c5cc(-c6ccc(C)cc6C)ccc54)c3)ccc2C(F)(F)F)c(C)c1. The van der Waals surface area contributed by atoms with Crippen LogP contribution < -0.4 is 0 Å². The fourth-order valence-electron chi connectivity index (χ4n) is 11.4. The summed E-state index contributed by atoms with van der Waals surface area (Å²) in [6.45, 7) is 16.8. The Bertz CT molecular complexity index is 4110. The number of halogens is 6. The quantitative estimate of drug-likeness (QED) is 0.147. The van der Waals surface area contributed by atoms with E-state index in [2.05, 4.69) is 88.4 Å². The summed E-state index contributed by atoms with van der Waals surface area (Å²) in [4.78, 5) is 0. The lowest BCUT2D eigenvalue weighted by atomic mass is 9.96. The van der Waals surface area contributed by atoms with Gasteiger partial charge in [-0.25, -0.2) is 0 Å². The Morgan fingerprint density at radius 2 is 0.615 bits per heavy atom. The molecule has 2 nitrogen and oxygen atoms in total. The molecule has 12 aromatic rings. The van der Waals surface area contributed by atoms with Gasteiger partial charge in [0.15, 0.2) is 0 Å². The number of aryl methyl sites for hydroxylation is 8. The fourth-order valence-corrected chi connectivity index (χ4v) is 11.4. The molecular formula is C70H56F6N2. The van der Waals surface area contributed by atoms with E-state index in [1.54, 1.807) is 33.4 Å². The van der Waals surface area contributed by atoms with Gasteiger partial charge in [-0.05, 0) is 188 Å². The average molecular weight is 1040 g/mol. The van der Waals surface area contributed by atoms with Crippen LogP contribution in [0, 0.1) is 55.4 Å². The Morgan fingerprint density at radius 3 is 0.987 bits per heavy atom. The predicted octanol–water partition coefficient (Wildman–Crippen LogP) is 20.7. The van der Waals surface area contributed by atoms with E-state index in [0.717, 1.165) is 78.2 Å². The summed E-state index contributed by atoms with van der Waals surface area (Å²) in [5.74, 6) is 0. The van der Waals surface area contributed by atoms with E-state index in [0.29, 0.717) is 33.2 Å². The molecule has 0 amide bonds. The molecule has 2 heterocycles. The lowest BCUT2D eigenvalue weighted by Crippen LogP contribution is -2.12. The first-order valence-electron chi connectivity index (χ1n) is 26.0. The number of benzene rings is 10. The topological polar surface area (TPSA) is 9.86 Å². The second kappa shape index (κ2) is 19.7. The smallest absolute Gasteiger partial charge is 0.309 e. The number of alkyl halides is 6. The maximum absolute atomic E-state index is 15.1. The molecule has 10 aromatic carbocycles. The molecule has 0 aliphatic rings. The van der Waals surface area contributed by atoms with Crippen LogP contribution >= 0.6 is 0 Å². The highest BCUT2D eigenvalue weighted by atomic mass is 19.4. The van der Waals surface area contributed by atoms with E-state index in [4.69, 9.17) is 0 Å². The lowest BCUT2D eigenvalue weighted by Gasteiger charge is -2.20. The summed E-state index contributed by atoms with van der Waals surface area (Å²) in [5, 5.41) is 3.11. The predicted molar refractivity (Wildman–Crippen MR) is 311 cm³/mol. The first-order chi connectivity index (χ1) is 37.2. The Kier molecular flexibility index (Phi) is 13.0. The van der Waals surface area contributed by atoms with Crippen molar-refractivity contribution in [3.05, 3.63) is 250 Å². The molecule has 0 fully saturated rings. The van der Waals surface area contributed by atoms with E-state index in [-0.39, 0.29) is 11.4 Å². The van der Waals surface area contributed by atoms with E-state index >= 15 is 26.3 Å². The van der Waals surface area contributed by atoms with Gasteiger partial charge in [-0.2, -0.15) is 26.3 Å². The van der Waals surface area contributed by atoms with Crippen molar-refractivity contribution in [1.82, 2.24) is 9.13 Å². The van der Waals surface area contributed by atoms with Crippen LogP contribution in [0.5, 0.6) is 0 Å². The molecule has 0 N–H and O–H groups in total. The summed E-state index contributed by atoms with van der Waals surface area (Å²) >= 11 is 0. The molecule has 0 aliphatic carbocycles. The molecule has 0 bridgehead atoms. The minimum Gasteiger partial charge on any atom is -0.309 e. The zero-order chi connectivity index (χ0) is 54.9. The number of fused-ring (bicyclic) bond motifs is 6. The monoisotopic (exact) mass is 1040 g/mol. The highest BCUT2D eigenvalue weighted by molar-refractivity contribution is 6.12. The number of hydrogen-bond acceptors (Lipinski definition) is 0. The van der Waals surface area contributed by atoms with Crippen LogP contribution in [0.25, 0.3) is 99.5 Å². The largest absolute Gasteiger partial charge is 0.418 e. The summed E-state index contributed by atoms with van der Waals surface area (Å²) in [5.41, 5.74) is 17.4. The van der Waals surface area contributed by atoms with E-state index in [1.807, 2.05) is 100 Å². The lowest BCUT2D eigenvalue weighted by molar-refractivity contribution is -0.138. The number of aromatic nitrogens is 2. The Labute approximate surface area is 450 Å². The number of rotatable bonds is 6. The molecule has 0 saturated heterocycles. The summed E-state index contributed by atoms with van der Waals surface area (Å²) < 4.78 is 93.9. The molecule has 0 radical (unpaired) electrons. The van der Waals surface area contributed by atoms with Crippen molar-refractivity contribution in [3.63, 3.8) is 0 Å². The van der Waals surface area contributed by atoms with Gasteiger partial charge in [0.1, 0.15) is 0 Å². The van der Waals surface area contributed by atoms with Gasteiger partial charge >= 0.3 is 12.4 Å². The molecule has 0 saturated carbocycles. The van der Waals surface area contributed by atoms with Gasteiger partial charge < -0.3 is 9.13 Å². The van der Waals surface area contributed by atoms with Crippen LogP contribution in [0.4, 0.5) is 26.3 Å². The van der Waals surface area contributed by atoms with Gasteiger partial charge in [-0.1, -0.05) is 150 Å². The Balaban J connectivity index is 0.000000346. The van der Waals surface area contributed by atoms with Crippen molar-refractivity contribution in [2.75, 3.05) is 0 Å². The van der Waals surface area contributed by atoms with Gasteiger partial charge in [-0.15, -0.1) is 0 Å². The van der Waals surface area contributed by atoms with Crippen molar-refractivity contribution < 1.29 is 26.3 Å². The molecule has 2 aromatic heterocycles. The minimum atomic E-state index is -4.74. The molecule has 0 unspecified atom stereocenters. The third-order valence-corrected chi connectivity index (χ3v) is 15.4. The van der Waals surface area contributed by atoms with Crippen LogP contribution in [0.1, 0.15) is 55.6 Å². The van der Waals surface area contributed by atoms with Gasteiger partial charge in [0.2, 0.25) is 0 Å². The maximum atomic E-state index is 15.1. The maximum Gasteiger partial charge on any atom is 0.418 e. The van der Waals surface area contributed by atoms with Crippen molar-refractivity contribution in [3.8, 4) is 55.9 Å². The third kappa shape index (κ3) is 9.44. The van der Waals surface area contributed by atoms with E-state index in [1.165, 1.54) is 57.6 Å². The molecule has 0 aliphatic heterocycles. The van der Waals surface area contributed by atoms with Crippen LogP contribution in [-0.2, 0) is 12.4 Å². The second-order valence-corrected chi connectivity index (χ2v) is 20.9. The standard InChI is InChI=1S/C54H38F6N2.C16H18/c1-31-13-19-39(33(3)25-31)37-17-23-49-43(27-37)41-9-5-7-11-47(41)61(49)51-29-35(15-21-45(51)53(55,56)57)36-16-22-46(54(58,59)60)52(30-36)62-48-12-8-6-10-42(48)44-28-38(18-24-50(44)62)40-20-14-32(2)26-34(40)4;1-11-5-8-16(14(4)9-11)15-7-6-12(2)13(3)10-15/h5-30H,1-4H3;5-10H,1-4H3. The minimum absolute atomic E-state index is 0.127. The molecule has 0 spiro atoms. The van der Waals surface area contributed by atoms with Crippen LogP contribution in [0.15, 0.2) is 194 Å². The van der Waals surface area contributed by atoms with Gasteiger partial charge in [0, 0.05) is 21.5 Å². The van der Waals surface area contributed by atoms with Crippen molar-refractivity contribution >= 4 is 43.6 Å². The number of para-hydroxylation sites is 2. The van der Waals surface area contributed by atoms with Crippen LogP contribution in [0.2, 0.25) is 0 Å². The molecule has 388 valence electrons. The highest BCUT2D eigenvalue weighted by Gasteiger charge is 2.37. The van der Waals surface area contributed by atoms with E-state index in [9.17, 15) is 0 Å². The third-order valence-electron chi connectivity index (χ3n) is 15.4. The molecular weight excluding hydrogens is 983 g/mol.